The van der Waals surface area contributed by atoms with Crippen molar-refractivity contribution in [1.29, 1.82) is 0 Å². The molecule has 1 aromatic carbocycles. The monoisotopic (exact) mass is 182 g/mol. The molecule has 0 aliphatic carbocycles. The van der Waals surface area contributed by atoms with Crippen molar-refractivity contribution in [3.8, 4) is 0 Å². The van der Waals surface area contributed by atoms with Crippen LogP contribution in [-0.4, -0.2) is 0 Å². The molecule has 0 bridgehead atoms. The standard InChI is InChI=1S/C12H15O.Li/c1-11(2)9-7-5-6-8-10(9)12(3,4)13-11;/h5,7-8H,1-4H3;/q-1;+1. The fourth-order valence-corrected chi connectivity index (χ4v) is 2.20. The maximum absolute atomic E-state index is 5.99. The first-order valence-electron chi connectivity index (χ1n) is 4.65. The first-order chi connectivity index (χ1) is 5.93. The molecule has 0 N–H and O–H groups in total. The van der Waals surface area contributed by atoms with Crippen molar-refractivity contribution < 1.29 is 23.6 Å². The summed E-state index contributed by atoms with van der Waals surface area (Å²) in [5.74, 6) is 0. The number of hydrogen-bond acceptors (Lipinski definition) is 1. The van der Waals surface area contributed by atoms with Gasteiger partial charge in [0.05, 0.1) is 5.60 Å². The van der Waals surface area contributed by atoms with E-state index < -0.39 is 0 Å². The normalized spacial score (nSPS) is 21.1. The summed E-state index contributed by atoms with van der Waals surface area (Å²) in [4.78, 5) is 0. The molecule has 0 spiro atoms. The van der Waals surface area contributed by atoms with Crippen LogP contribution in [0.2, 0.25) is 0 Å². The Morgan fingerprint density at radius 3 is 2.21 bits per heavy atom. The van der Waals surface area contributed by atoms with Gasteiger partial charge in [-0.3, -0.25) is 0 Å². The zero-order chi connectivity index (χ0) is 9.69. The quantitative estimate of drug-likeness (QED) is 0.405. The molecule has 2 heteroatoms. The summed E-state index contributed by atoms with van der Waals surface area (Å²) in [5, 5.41) is 0. The third-order valence-corrected chi connectivity index (χ3v) is 2.67. The van der Waals surface area contributed by atoms with Gasteiger partial charge in [0.15, 0.2) is 0 Å². The predicted molar refractivity (Wildman–Crippen MR) is 52.4 cm³/mol. The van der Waals surface area contributed by atoms with Gasteiger partial charge in [-0.25, -0.2) is 0 Å². The second kappa shape index (κ2) is 3.42. The molecule has 1 aliphatic heterocycles. The van der Waals surface area contributed by atoms with E-state index in [1.54, 1.807) is 0 Å². The maximum Gasteiger partial charge on any atom is 1.00 e. The Morgan fingerprint density at radius 1 is 1.07 bits per heavy atom. The van der Waals surface area contributed by atoms with Crippen molar-refractivity contribution >= 4 is 0 Å². The Kier molecular flexibility index (Phi) is 2.89. The van der Waals surface area contributed by atoms with E-state index in [0.717, 1.165) is 0 Å². The van der Waals surface area contributed by atoms with Crippen LogP contribution in [0.15, 0.2) is 18.2 Å². The van der Waals surface area contributed by atoms with E-state index >= 15 is 0 Å². The van der Waals surface area contributed by atoms with E-state index in [1.807, 2.05) is 12.1 Å². The Morgan fingerprint density at radius 2 is 1.64 bits per heavy atom. The Balaban J connectivity index is 0.000000980. The molecule has 14 heavy (non-hydrogen) atoms. The van der Waals surface area contributed by atoms with Crippen LogP contribution in [-0.2, 0) is 15.9 Å². The van der Waals surface area contributed by atoms with Gasteiger partial charge in [-0.05, 0) is 27.7 Å². The molecule has 2 rings (SSSR count). The van der Waals surface area contributed by atoms with Crippen LogP contribution >= 0.6 is 0 Å². The van der Waals surface area contributed by atoms with Crippen molar-refractivity contribution in [3.05, 3.63) is 35.4 Å². The molecular formula is C12H15LiO. The molecular weight excluding hydrogens is 167 g/mol. The van der Waals surface area contributed by atoms with Crippen LogP contribution in [0.4, 0.5) is 0 Å². The Hall–Kier alpha value is -0.223. The van der Waals surface area contributed by atoms with Crippen LogP contribution in [0, 0.1) is 6.07 Å². The molecule has 0 unspecified atom stereocenters. The van der Waals surface area contributed by atoms with Gasteiger partial charge < -0.3 is 4.74 Å². The molecule has 1 nitrogen and oxygen atoms in total. The summed E-state index contributed by atoms with van der Waals surface area (Å²) >= 11 is 0. The fourth-order valence-electron chi connectivity index (χ4n) is 2.20. The van der Waals surface area contributed by atoms with E-state index in [9.17, 15) is 0 Å². The third-order valence-electron chi connectivity index (χ3n) is 2.67. The number of fused-ring (bicyclic) bond motifs is 1. The van der Waals surface area contributed by atoms with Crippen LogP contribution in [0.1, 0.15) is 38.8 Å². The SMILES string of the molecule is CC1(C)OC(C)(C)c2cc[c-]cc21.[Li+]. The number of rotatable bonds is 0. The van der Waals surface area contributed by atoms with E-state index in [1.165, 1.54) is 11.1 Å². The molecule has 1 aliphatic rings. The first-order valence-corrected chi connectivity index (χ1v) is 4.65. The average molecular weight is 182 g/mol. The zero-order valence-corrected chi connectivity index (χ0v) is 9.64. The van der Waals surface area contributed by atoms with Gasteiger partial charge in [-0.15, -0.1) is 11.1 Å². The average Bonchev–Trinajstić information content (AvgIpc) is 2.20. The zero-order valence-electron chi connectivity index (χ0n) is 9.64. The van der Waals surface area contributed by atoms with Crippen LogP contribution in [0.5, 0.6) is 0 Å². The fraction of sp³-hybridized carbons (Fsp3) is 0.500. The molecule has 70 valence electrons. The predicted octanol–water partition coefficient (Wildman–Crippen LogP) is -0.00881. The van der Waals surface area contributed by atoms with Gasteiger partial charge in [-0.1, -0.05) is 0 Å². The molecule has 1 aromatic rings. The Bertz CT molecular complexity index is 309. The van der Waals surface area contributed by atoms with Crippen molar-refractivity contribution in [3.63, 3.8) is 0 Å². The van der Waals surface area contributed by atoms with Gasteiger partial charge in [0.2, 0.25) is 0 Å². The van der Waals surface area contributed by atoms with Gasteiger partial charge >= 0.3 is 18.9 Å². The second-order valence-corrected chi connectivity index (χ2v) is 4.59. The maximum atomic E-state index is 5.99. The number of ether oxygens (including phenoxy) is 1. The minimum Gasteiger partial charge on any atom is -0.375 e. The van der Waals surface area contributed by atoms with E-state index in [4.69, 9.17) is 4.74 Å². The second-order valence-electron chi connectivity index (χ2n) is 4.59. The summed E-state index contributed by atoms with van der Waals surface area (Å²) < 4.78 is 5.99. The molecule has 0 amide bonds. The van der Waals surface area contributed by atoms with Crippen molar-refractivity contribution in [2.45, 2.75) is 38.9 Å². The minimum atomic E-state index is -0.170. The summed E-state index contributed by atoms with van der Waals surface area (Å²) in [5.41, 5.74) is 2.22. The first kappa shape index (κ1) is 11.8. The Labute approximate surface area is 98.0 Å². The third kappa shape index (κ3) is 1.65. The smallest absolute Gasteiger partial charge is 0.375 e. The van der Waals surface area contributed by atoms with Crippen molar-refractivity contribution in [2.75, 3.05) is 0 Å². The van der Waals surface area contributed by atoms with E-state index in [-0.39, 0.29) is 30.1 Å². The van der Waals surface area contributed by atoms with Gasteiger partial charge in [0.25, 0.3) is 0 Å². The molecule has 1 heterocycles. The van der Waals surface area contributed by atoms with E-state index in [2.05, 4.69) is 39.8 Å². The molecule has 0 fully saturated rings. The van der Waals surface area contributed by atoms with Crippen molar-refractivity contribution in [2.24, 2.45) is 0 Å². The summed E-state index contributed by atoms with van der Waals surface area (Å²) in [7, 11) is 0. The van der Waals surface area contributed by atoms with Crippen LogP contribution in [0.25, 0.3) is 0 Å². The van der Waals surface area contributed by atoms with E-state index in [0.29, 0.717) is 0 Å². The largest absolute Gasteiger partial charge is 1.00 e. The summed E-state index contributed by atoms with van der Waals surface area (Å²) in [6.07, 6.45) is 0. The van der Waals surface area contributed by atoms with Crippen molar-refractivity contribution in [1.82, 2.24) is 0 Å². The van der Waals surface area contributed by atoms with Gasteiger partial charge in [0.1, 0.15) is 0 Å². The summed E-state index contributed by atoms with van der Waals surface area (Å²) in [6, 6.07) is 9.19. The molecule has 0 radical (unpaired) electrons. The minimum absolute atomic E-state index is 0. The summed E-state index contributed by atoms with van der Waals surface area (Å²) in [6.45, 7) is 8.43. The van der Waals surface area contributed by atoms with Crippen LogP contribution < -0.4 is 18.9 Å². The van der Waals surface area contributed by atoms with Gasteiger partial charge in [0, 0.05) is 5.60 Å². The number of hydrogen-bond donors (Lipinski definition) is 0. The topological polar surface area (TPSA) is 9.23 Å². The van der Waals surface area contributed by atoms with Gasteiger partial charge in [-0.2, -0.15) is 24.3 Å². The van der Waals surface area contributed by atoms with Crippen LogP contribution in [0.3, 0.4) is 0 Å². The molecule has 0 aromatic heterocycles. The molecule has 0 saturated carbocycles. The number of benzene rings is 1. The molecule has 0 atom stereocenters. The molecule has 0 saturated heterocycles.